The highest BCUT2D eigenvalue weighted by atomic mass is 16.5. The van der Waals surface area contributed by atoms with Gasteiger partial charge in [-0.25, -0.2) is 0 Å². The van der Waals surface area contributed by atoms with Crippen LogP contribution in [0, 0.1) is 0 Å². The Hall–Kier alpha value is -2.11. The van der Waals surface area contributed by atoms with Gasteiger partial charge in [0.2, 0.25) is 0 Å². The fourth-order valence-corrected chi connectivity index (χ4v) is 5.37. The summed E-state index contributed by atoms with van der Waals surface area (Å²) in [6.45, 7) is 6.72. The fraction of sp³-hybridized carbons (Fsp3) is 0.821. The molecule has 0 aliphatic rings. The molecule has 0 heterocycles. The quantitative estimate of drug-likeness (QED) is 0.0309. The van der Waals surface area contributed by atoms with Crippen LogP contribution in [0.25, 0.3) is 0 Å². The number of hydrogen-bond acceptors (Lipinski definition) is 6. The molecule has 0 aliphatic carbocycles. The molecule has 0 N–H and O–H groups in total. The number of carbonyl (C=O) groups is 3. The maximum atomic E-state index is 11.9. The monoisotopic (exact) mass is 635 g/mol. The summed E-state index contributed by atoms with van der Waals surface area (Å²) in [5, 5.41) is 0. The molecule has 0 aromatic carbocycles. The summed E-state index contributed by atoms with van der Waals surface area (Å²) < 4.78 is 16.2. The van der Waals surface area contributed by atoms with E-state index in [1.165, 1.54) is 58.3 Å². The molecule has 0 aromatic heterocycles. The van der Waals surface area contributed by atoms with Crippen molar-refractivity contribution in [1.29, 1.82) is 0 Å². The first-order valence-electron chi connectivity index (χ1n) is 18.8. The Morgan fingerprint density at radius 1 is 0.489 bits per heavy atom. The third-order valence-electron chi connectivity index (χ3n) is 8.11. The fourth-order valence-electron chi connectivity index (χ4n) is 5.37. The van der Waals surface area contributed by atoms with Gasteiger partial charge >= 0.3 is 17.9 Å². The molecule has 0 aromatic rings. The molecule has 0 rings (SSSR count). The van der Waals surface area contributed by atoms with E-state index in [9.17, 15) is 14.4 Å². The Balaban J connectivity index is 3.69. The van der Waals surface area contributed by atoms with E-state index in [1.807, 2.05) is 12.2 Å². The minimum atomic E-state index is -0.191. The van der Waals surface area contributed by atoms with E-state index in [0.29, 0.717) is 26.1 Å². The predicted molar refractivity (Wildman–Crippen MR) is 187 cm³/mol. The molecule has 45 heavy (non-hydrogen) atoms. The van der Waals surface area contributed by atoms with E-state index >= 15 is 0 Å². The Labute approximate surface area is 277 Å². The van der Waals surface area contributed by atoms with E-state index in [2.05, 4.69) is 26.0 Å². The zero-order valence-corrected chi connectivity index (χ0v) is 29.6. The van der Waals surface area contributed by atoms with Gasteiger partial charge in [-0.3, -0.25) is 14.4 Å². The number of ether oxygens (including phenoxy) is 3. The zero-order chi connectivity index (χ0) is 33.1. The molecule has 0 spiro atoms. The van der Waals surface area contributed by atoms with Crippen LogP contribution in [0.2, 0.25) is 0 Å². The molecule has 6 nitrogen and oxygen atoms in total. The van der Waals surface area contributed by atoms with E-state index in [4.69, 9.17) is 14.2 Å². The minimum absolute atomic E-state index is 0.0165. The van der Waals surface area contributed by atoms with Crippen LogP contribution in [0.3, 0.4) is 0 Å². The van der Waals surface area contributed by atoms with Crippen molar-refractivity contribution in [1.82, 2.24) is 0 Å². The van der Waals surface area contributed by atoms with Crippen molar-refractivity contribution in [2.24, 2.45) is 0 Å². The van der Waals surface area contributed by atoms with Crippen molar-refractivity contribution in [2.75, 3.05) is 13.2 Å². The van der Waals surface area contributed by atoms with Crippen molar-refractivity contribution in [2.45, 2.75) is 194 Å². The molecule has 262 valence electrons. The Bertz CT molecular complexity index is 690. The largest absolute Gasteiger partial charge is 0.463 e. The second-order valence-electron chi connectivity index (χ2n) is 12.6. The number of esters is 3. The molecule has 0 bridgehead atoms. The van der Waals surface area contributed by atoms with Crippen LogP contribution in [0.5, 0.6) is 0 Å². The second-order valence-corrected chi connectivity index (χ2v) is 12.6. The number of carbonyl (C=O) groups excluding carboxylic acids is 3. The summed E-state index contributed by atoms with van der Waals surface area (Å²) in [4.78, 5) is 35.3. The third kappa shape index (κ3) is 34.6. The van der Waals surface area contributed by atoms with E-state index in [1.54, 1.807) is 0 Å². The number of hydrogen-bond donors (Lipinski definition) is 0. The van der Waals surface area contributed by atoms with Gasteiger partial charge in [0.15, 0.2) is 0 Å². The maximum Gasteiger partial charge on any atom is 0.306 e. The maximum absolute atomic E-state index is 11.9. The van der Waals surface area contributed by atoms with Gasteiger partial charge in [0.1, 0.15) is 19.3 Å². The summed E-state index contributed by atoms with van der Waals surface area (Å²) >= 11 is 0. The Morgan fingerprint density at radius 2 is 0.867 bits per heavy atom. The summed E-state index contributed by atoms with van der Waals surface area (Å²) in [6.07, 6.45) is 36.0. The zero-order valence-electron chi connectivity index (χ0n) is 29.6. The van der Waals surface area contributed by atoms with Gasteiger partial charge in [-0.05, 0) is 64.2 Å². The number of allylic oxidation sites excluding steroid dienone is 2. The highest BCUT2D eigenvalue weighted by Crippen LogP contribution is 2.17. The van der Waals surface area contributed by atoms with E-state index in [0.717, 1.165) is 103 Å². The summed E-state index contributed by atoms with van der Waals surface area (Å²) in [7, 11) is 0. The molecular weight excluding hydrogens is 564 g/mol. The topological polar surface area (TPSA) is 78.9 Å². The second kappa shape index (κ2) is 34.8. The van der Waals surface area contributed by atoms with Gasteiger partial charge in [-0.1, -0.05) is 128 Å². The summed E-state index contributed by atoms with van der Waals surface area (Å²) in [6, 6.07) is 0. The highest BCUT2D eigenvalue weighted by molar-refractivity contribution is 5.69. The molecule has 0 saturated carbocycles. The number of unbranched alkanes of at least 4 members (excludes halogenated alkanes) is 18. The van der Waals surface area contributed by atoms with Crippen LogP contribution >= 0.6 is 0 Å². The van der Waals surface area contributed by atoms with Crippen LogP contribution in [0.4, 0.5) is 0 Å². The van der Waals surface area contributed by atoms with Gasteiger partial charge in [0, 0.05) is 19.8 Å². The van der Waals surface area contributed by atoms with E-state index < -0.39 is 0 Å². The highest BCUT2D eigenvalue weighted by Gasteiger charge is 2.12. The van der Waals surface area contributed by atoms with Crippen LogP contribution in [-0.2, 0) is 28.6 Å². The van der Waals surface area contributed by atoms with Crippen molar-refractivity contribution < 1.29 is 28.6 Å². The lowest BCUT2D eigenvalue weighted by Gasteiger charge is -2.17. The lowest BCUT2D eigenvalue weighted by Crippen LogP contribution is -2.16. The predicted octanol–water partition coefficient (Wildman–Crippen LogP) is 11.3. The molecule has 0 fully saturated rings. The molecule has 0 unspecified atom stereocenters. The summed E-state index contributed by atoms with van der Waals surface area (Å²) in [5.41, 5.74) is 0. The smallest absolute Gasteiger partial charge is 0.306 e. The Kier molecular flexibility index (Phi) is 33.1. The molecule has 6 heteroatoms. The molecule has 0 radical (unpaired) electrons. The SMILES string of the molecule is CCCCCC/C=C\COC(=O)CCCCCCCCC(CCCCCCCCC(=O)OC/C=C\CCCCCC)OC(C)=O. The van der Waals surface area contributed by atoms with Crippen LogP contribution in [0.1, 0.15) is 188 Å². The first-order valence-corrected chi connectivity index (χ1v) is 18.8. The van der Waals surface area contributed by atoms with Gasteiger partial charge in [0.05, 0.1) is 0 Å². The van der Waals surface area contributed by atoms with Gasteiger partial charge < -0.3 is 14.2 Å². The third-order valence-corrected chi connectivity index (χ3v) is 8.11. The number of rotatable bonds is 33. The van der Waals surface area contributed by atoms with Gasteiger partial charge in [-0.2, -0.15) is 0 Å². The molecular formula is C39H70O6. The average Bonchev–Trinajstić information content (AvgIpc) is 3.01. The molecule has 0 amide bonds. The summed E-state index contributed by atoms with van der Waals surface area (Å²) in [5.74, 6) is -0.382. The van der Waals surface area contributed by atoms with Crippen molar-refractivity contribution in [3.05, 3.63) is 24.3 Å². The van der Waals surface area contributed by atoms with Crippen LogP contribution in [0.15, 0.2) is 24.3 Å². The van der Waals surface area contributed by atoms with Crippen molar-refractivity contribution >= 4 is 17.9 Å². The standard InChI is InChI=1S/C39H70O6/c1-4-6-8-10-16-22-28-34-43-38(41)32-26-20-14-12-18-24-30-37(45-36(3)40)31-25-19-13-15-21-27-33-39(42)44-35-29-23-17-11-9-7-5-2/h22-23,28-29,37H,4-21,24-27,30-35H2,1-3H3/b28-22-,29-23-. The molecule has 0 aliphatic heterocycles. The molecule has 0 atom stereocenters. The van der Waals surface area contributed by atoms with Crippen LogP contribution in [-0.4, -0.2) is 37.2 Å². The van der Waals surface area contributed by atoms with Crippen molar-refractivity contribution in [3.8, 4) is 0 Å². The van der Waals surface area contributed by atoms with Gasteiger partial charge in [-0.15, -0.1) is 0 Å². The average molecular weight is 635 g/mol. The van der Waals surface area contributed by atoms with Crippen molar-refractivity contribution in [3.63, 3.8) is 0 Å². The minimum Gasteiger partial charge on any atom is -0.463 e. The normalized spacial score (nSPS) is 11.6. The van der Waals surface area contributed by atoms with E-state index in [-0.39, 0.29) is 24.0 Å². The first kappa shape index (κ1) is 42.9. The van der Waals surface area contributed by atoms with Crippen LogP contribution < -0.4 is 0 Å². The lowest BCUT2D eigenvalue weighted by molar-refractivity contribution is -0.147. The lowest BCUT2D eigenvalue weighted by atomic mass is 10.0. The molecule has 0 saturated heterocycles. The van der Waals surface area contributed by atoms with Gasteiger partial charge in [0.25, 0.3) is 0 Å². The first-order chi connectivity index (χ1) is 22.0. The Morgan fingerprint density at radius 3 is 1.27 bits per heavy atom.